The lowest BCUT2D eigenvalue weighted by Gasteiger charge is -2.29. The predicted octanol–water partition coefficient (Wildman–Crippen LogP) is 3.65. The van der Waals surface area contributed by atoms with Crippen LogP contribution in [0.5, 0.6) is 0 Å². The third-order valence-electron chi connectivity index (χ3n) is 4.54. The standard InChI is InChI=1S/C18H30N2O/c1-5-13(4)16(19)18(21)20-17(14(6-2)7-3)15-11-9-8-10-12-15/h8-14,16-17H,5-7,19H2,1-4H3,(H,20,21). The summed E-state index contributed by atoms with van der Waals surface area (Å²) in [5.41, 5.74) is 7.23. The molecule has 0 fully saturated rings. The van der Waals surface area contributed by atoms with Crippen LogP contribution in [0.25, 0.3) is 0 Å². The Morgan fingerprint density at radius 3 is 2.14 bits per heavy atom. The van der Waals surface area contributed by atoms with Gasteiger partial charge in [-0.1, -0.05) is 77.3 Å². The van der Waals surface area contributed by atoms with Crippen LogP contribution >= 0.6 is 0 Å². The Morgan fingerprint density at radius 1 is 1.10 bits per heavy atom. The summed E-state index contributed by atoms with van der Waals surface area (Å²) >= 11 is 0. The van der Waals surface area contributed by atoms with E-state index in [1.54, 1.807) is 0 Å². The van der Waals surface area contributed by atoms with Gasteiger partial charge in [-0.05, 0) is 17.4 Å². The first kappa shape index (κ1) is 17.7. The van der Waals surface area contributed by atoms with Crippen molar-refractivity contribution >= 4 is 5.91 Å². The third-order valence-corrected chi connectivity index (χ3v) is 4.54. The molecule has 0 aliphatic carbocycles. The van der Waals surface area contributed by atoms with Crippen molar-refractivity contribution in [3.8, 4) is 0 Å². The average Bonchev–Trinajstić information content (AvgIpc) is 2.54. The Labute approximate surface area is 129 Å². The van der Waals surface area contributed by atoms with Crippen LogP contribution in [-0.4, -0.2) is 11.9 Å². The summed E-state index contributed by atoms with van der Waals surface area (Å²) in [6.07, 6.45) is 2.99. The van der Waals surface area contributed by atoms with Crippen LogP contribution < -0.4 is 11.1 Å². The molecule has 0 radical (unpaired) electrons. The summed E-state index contributed by atoms with van der Waals surface area (Å²) in [5, 5.41) is 3.19. The molecule has 1 aromatic carbocycles. The van der Waals surface area contributed by atoms with E-state index >= 15 is 0 Å². The van der Waals surface area contributed by atoms with Crippen molar-refractivity contribution in [3.05, 3.63) is 35.9 Å². The van der Waals surface area contributed by atoms with Crippen LogP contribution in [0.4, 0.5) is 0 Å². The molecule has 1 aromatic rings. The molecular weight excluding hydrogens is 260 g/mol. The molecule has 3 N–H and O–H groups in total. The lowest BCUT2D eigenvalue weighted by Crippen LogP contribution is -2.47. The normalized spacial score (nSPS) is 15.5. The van der Waals surface area contributed by atoms with E-state index in [1.807, 2.05) is 25.1 Å². The molecule has 0 aliphatic rings. The number of nitrogens with one attached hydrogen (secondary N) is 1. The molecule has 1 amide bonds. The molecule has 0 spiro atoms. The number of carbonyl (C=O) groups is 1. The van der Waals surface area contributed by atoms with Crippen molar-refractivity contribution in [1.82, 2.24) is 5.32 Å². The minimum absolute atomic E-state index is 0.0369. The molecule has 3 atom stereocenters. The molecular formula is C18H30N2O. The Bertz CT molecular complexity index is 414. The maximum Gasteiger partial charge on any atom is 0.237 e. The van der Waals surface area contributed by atoms with Gasteiger partial charge in [-0.3, -0.25) is 4.79 Å². The van der Waals surface area contributed by atoms with Crippen LogP contribution in [0.2, 0.25) is 0 Å². The van der Waals surface area contributed by atoms with Crippen molar-refractivity contribution in [2.75, 3.05) is 0 Å². The van der Waals surface area contributed by atoms with Crippen LogP contribution in [0.3, 0.4) is 0 Å². The highest BCUT2D eigenvalue weighted by Gasteiger charge is 2.26. The number of benzene rings is 1. The number of amides is 1. The maximum absolute atomic E-state index is 12.4. The van der Waals surface area contributed by atoms with Gasteiger partial charge in [0, 0.05) is 0 Å². The van der Waals surface area contributed by atoms with Crippen LogP contribution in [0, 0.1) is 11.8 Å². The van der Waals surface area contributed by atoms with E-state index in [2.05, 4.69) is 38.2 Å². The van der Waals surface area contributed by atoms with E-state index in [4.69, 9.17) is 5.73 Å². The molecule has 0 saturated carbocycles. The summed E-state index contributed by atoms with van der Waals surface area (Å²) in [6.45, 7) is 8.43. The van der Waals surface area contributed by atoms with Gasteiger partial charge in [-0.15, -0.1) is 0 Å². The maximum atomic E-state index is 12.4. The summed E-state index contributed by atoms with van der Waals surface area (Å²) in [5.74, 6) is 0.591. The number of hydrogen-bond donors (Lipinski definition) is 2. The Hall–Kier alpha value is -1.35. The van der Waals surface area contributed by atoms with Crippen molar-refractivity contribution in [2.24, 2.45) is 17.6 Å². The quantitative estimate of drug-likeness (QED) is 0.767. The predicted molar refractivity (Wildman–Crippen MR) is 88.8 cm³/mol. The van der Waals surface area contributed by atoms with Crippen molar-refractivity contribution < 1.29 is 4.79 Å². The molecule has 0 bridgehead atoms. The van der Waals surface area contributed by atoms with Gasteiger partial charge in [-0.25, -0.2) is 0 Å². The molecule has 118 valence electrons. The highest BCUT2D eigenvalue weighted by molar-refractivity contribution is 5.82. The number of rotatable bonds is 8. The Balaban J connectivity index is 2.90. The largest absolute Gasteiger partial charge is 0.348 e. The fourth-order valence-corrected chi connectivity index (χ4v) is 2.66. The van der Waals surface area contributed by atoms with Crippen molar-refractivity contribution in [3.63, 3.8) is 0 Å². The first-order chi connectivity index (χ1) is 10.0. The van der Waals surface area contributed by atoms with E-state index in [-0.39, 0.29) is 17.9 Å². The fraction of sp³-hybridized carbons (Fsp3) is 0.611. The Morgan fingerprint density at radius 2 is 1.67 bits per heavy atom. The summed E-state index contributed by atoms with van der Waals surface area (Å²) in [6, 6.07) is 9.81. The summed E-state index contributed by atoms with van der Waals surface area (Å²) in [7, 11) is 0. The summed E-state index contributed by atoms with van der Waals surface area (Å²) < 4.78 is 0. The van der Waals surface area contributed by atoms with Gasteiger partial charge in [0.25, 0.3) is 0 Å². The van der Waals surface area contributed by atoms with E-state index < -0.39 is 6.04 Å². The molecule has 3 nitrogen and oxygen atoms in total. The fourth-order valence-electron chi connectivity index (χ4n) is 2.66. The summed E-state index contributed by atoms with van der Waals surface area (Å²) in [4.78, 5) is 12.4. The van der Waals surface area contributed by atoms with Crippen molar-refractivity contribution in [2.45, 2.75) is 59.0 Å². The third kappa shape index (κ3) is 4.85. The van der Waals surface area contributed by atoms with Crippen molar-refractivity contribution in [1.29, 1.82) is 0 Å². The zero-order valence-electron chi connectivity index (χ0n) is 13.8. The molecule has 21 heavy (non-hydrogen) atoms. The topological polar surface area (TPSA) is 55.1 Å². The highest BCUT2D eigenvalue weighted by Crippen LogP contribution is 2.27. The zero-order chi connectivity index (χ0) is 15.8. The lowest BCUT2D eigenvalue weighted by molar-refractivity contribution is -0.124. The zero-order valence-corrected chi connectivity index (χ0v) is 13.8. The molecule has 0 heterocycles. The van der Waals surface area contributed by atoms with Gasteiger partial charge < -0.3 is 11.1 Å². The number of nitrogens with two attached hydrogens (primary N) is 1. The number of carbonyl (C=O) groups excluding carboxylic acids is 1. The Kier molecular flexibility index (Phi) is 7.44. The molecule has 1 rings (SSSR count). The second-order valence-corrected chi connectivity index (χ2v) is 5.88. The minimum atomic E-state index is -0.435. The highest BCUT2D eigenvalue weighted by atomic mass is 16.2. The second-order valence-electron chi connectivity index (χ2n) is 5.88. The van der Waals surface area contributed by atoms with Crippen LogP contribution in [-0.2, 0) is 4.79 Å². The molecule has 3 heteroatoms. The number of hydrogen-bond acceptors (Lipinski definition) is 2. The smallest absolute Gasteiger partial charge is 0.237 e. The monoisotopic (exact) mass is 290 g/mol. The van der Waals surface area contributed by atoms with E-state index in [1.165, 1.54) is 0 Å². The van der Waals surface area contributed by atoms with Gasteiger partial charge in [0.15, 0.2) is 0 Å². The van der Waals surface area contributed by atoms with E-state index in [0.29, 0.717) is 5.92 Å². The lowest BCUT2D eigenvalue weighted by atomic mass is 9.88. The first-order valence-electron chi connectivity index (χ1n) is 8.15. The average molecular weight is 290 g/mol. The van der Waals surface area contributed by atoms with Crippen LogP contribution in [0.1, 0.15) is 58.6 Å². The van der Waals surface area contributed by atoms with Gasteiger partial charge in [0.1, 0.15) is 0 Å². The van der Waals surface area contributed by atoms with Gasteiger partial charge in [0.05, 0.1) is 12.1 Å². The first-order valence-corrected chi connectivity index (χ1v) is 8.15. The van der Waals surface area contributed by atoms with E-state index in [0.717, 1.165) is 24.8 Å². The van der Waals surface area contributed by atoms with E-state index in [9.17, 15) is 4.79 Å². The molecule has 0 aliphatic heterocycles. The van der Waals surface area contributed by atoms with Gasteiger partial charge in [0.2, 0.25) is 5.91 Å². The minimum Gasteiger partial charge on any atom is -0.348 e. The van der Waals surface area contributed by atoms with Gasteiger partial charge >= 0.3 is 0 Å². The molecule has 0 saturated heterocycles. The molecule has 0 aromatic heterocycles. The van der Waals surface area contributed by atoms with Crippen LogP contribution in [0.15, 0.2) is 30.3 Å². The SMILES string of the molecule is CCC(C)C(N)C(=O)NC(c1ccccc1)C(CC)CC. The van der Waals surface area contributed by atoms with Gasteiger partial charge in [-0.2, -0.15) is 0 Å². The second kappa shape index (κ2) is 8.83. The molecule has 3 unspecified atom stereocenters.